The van der Waals surface area contributed by atoms with Crippen LogP contribution in [0.3, 0.4) is 0 Å². The minimum absolute atomic E-state index is 0.135. The maximum atomic E-state index is 14.0. The molecule has 14 heteroatoms. The van der Waals surface area contributed by atoms with E-state index in [4.69, 9.17) is 14.2 Å². The van der Waals surface area contributed by atoms with Gasteiger partial charge in [-0.15, -0.1) is 6.58 Å². The summed E-state index contributed by atoms with van der Waals surface area (Å²) in [5, 5.41) is 17.5. The van der Waals surface area contributed by atoms with Crippen LogP contribution in [0.25, 0.3) is 0 Å². The van der Waals surface area contributed by atoms with Gasteiger partial charge in [-0.2, -0.15) is 0 Å². The van der Waals surface area contributed by atoms with E-state index in [9.17, 15) is 33.9 Å². The Labute approximate surface area is 258 Å². The van der Waals surface area contributed by atoms with E-state index in [-0.39, 0.29) is 25.3 Å². The highest BCUT2D eigenvalue weighted by atomic mass is 16.6. The predicted molar refractivity (Wildman–Crippen MR) is 158 cm³/mol. The molecule has 0 radical (unpaired) electrons. The van der Waals surface area contributed by atoms with Crippen molar-refractivity contribution in [3.63, 3.8) is 0 Å². The Morgan fingerprint density at radius 2 is 1.68 bits per heavy atom. The average molecular weight is 625 g/mol. The lowest BCUT2D eigenvalue weighted by atomic mass is 9.85. The van der Waals surface area contributed by atoms with Crippen LogP contribution >= 0.6 is 0 Å². The highest BCUT2D eigenvalue weighted by Gasteiger charge is 2.61. The van der Waals surface area contributed by atoms with E-state index >= 15 is 0 Å². The Morgan fingerprint density at radius 1 is 1.07 bits per heavy atom. The lowest BCUT2D eigenvalue weighted by molar-refractivity contribution is -0.146. The van der Waals surface area contributed by atoms with Gasteiger partial charge in [0.2, 0.25) is 11.8 Å². The molecule has 4 amide bonds. The third-order valence-electron chi connectivity index (χ3n) is 7.86. The van der Waals surface area contributed by atoms with Gasteiger partial charge in [-0.3, -0.25) is 9.59 Å². The highest BCUT2D eigenvalue weighted by molar-refractivity contribution is 5.96. The third-order valence-corrected chi connectivity index (χ3v) is 7.86. The number of nitrogens with zero attached hydrogens (tertiary/aromatic N) is 1. The zero-order chi connectivity index (χ0) is 33.8. The molecule has 7 unspecified atom stereocenters. The van der Waals surface area contributed by atoms with E-state index < -0.39 is 82.6 Å². The minimum atomic E-state index is -1.56. The van der Waals surface area contributed by atoms with Crippen molar-refractivity contribution in [1.82, 2.24) is 20.9 Å². The molecule has 248 valence electrons. The first-order valence-electron chi connectivity index (χ1n) is 14.7. The lowest BCUT2D eigenvalue weighted by Gasteiger charge is -2.35. The van der Waals surface area contributed by atoms with E-state index in [2.05, 4.69) is 22.5 Å². The summed E-state index contributed by atoms with van der Waals surface area (Å²) < 4.78 is 15.7. The smallest absolute Gasteiger partial charge is 0.408 e. The summed E-state index contributed by atoms with van der Waals surface area (Å²) >= 11 is 0. The first-order chi connectivity index (χ1) is 20.2. The summed E-state index contributed by atoms with van der Waals surface area (Å²) in [6, 6.07) is -3.39. The van der Waals surface area contributed by atoms with Gasteiger partial charge in [0.25, 0.3) is 0 Å². The SMILES string of the molecule is C=CC1CC1(NC(=O)C1CC(OC(=O)NC(C(=O)OC)C(C)CC)CN1C(=O)C(NC(=O)OC(C)(C)C)C(C)(C)C)C(=O)O. The van der Waals surface area contributed by atoms with Gasteiger partial charge in [0, 0.05) is 12.3 Å². The molecule has 44 heavy (non-hydrogen) atoms. The van der Waals surface area contributed by atoms with Crippen molar-refractivity contribution in [3.8, 4) is 0 Å². The largest absolute Gasteiger partial charge is 0.479 e. The van der Waals surface area contributed by atoms with Crippen molar-refractivity contribution in [3.05, 3.63) is 12.7 Å². The maximum Gasteiger partial charge on any atom is 0.408 e. The van der Waals surface area contributed by atoms with E-state index in [1.165, 1.54) is 18.1 Å². The summed E-state index contributed by atoms with van der Waals surface area (Å²) in [5.74, 6) is -4.07. The third kappa shape index (κ3) is 8.85. The molecule has 1 aliphatic carbocycles. The number of ether oxygens (including phenoxy) is 3. The van der Waals surface area contributed by atoms with Crippen LogP contribution in [0.5, 0.6) is 0 Å². The average Bonchev–Trinajstić information content (AvgIpc) is 3.47. The molecule has 1 heterocycles. The van der Waals surface area contributed by atoms with Crippen molar-refractivity contribution < 1.29 is 48.1 Å². The van der Waals surface area contributed by atoms with Crippen LogP contribution in [0.15, 0.2) is 12.7 Å². The van der Waals surface area contributed by atoms with Gasteiger partial charge in [-0.1, -0.05) is 47.1 Å². The second-order valence-electron chi connectivity index (χ2n) is 13.6. The van der Waals surface area contributed by atoms with Crippen molar-refractivity contribution in [2.24, 2.45) is 17.3 Å². The Kier molecular flexibility index (Phi) is 11.4. The van der Waals surface area contributed by atoms with Gasteiger partial charge in [-0.05, 0) is 38.5 Å². The second-order valence-corrected chi connectivity index (χ2v) is 13.6. The van der Waals surface area contributed by atoms with Crippen LogP contribution in [0.2, 0.25) is 0 Å². The summed E-state index contributed by atoms with van der Waals surface area (Å²) in [6.45, 7) is 17.2. The number of alkyl carbamates (subject to hydrolysis) is 2. The Bertz CT molecular complexity index is 1140. The number of nitrogens with one attached hydrogen (secondary N) is 3. The molecular formula is C30H48N4O10. The summed E-state index contributed by atoms with van der Waals surface area (Å²) in [7, 11) is 1.20. The number of aliphatic carboxylic acids is 1. The molecule has 0 aromatic carbocycles. The lowest BCUT2D eigenvalue weighted by Crippen LogP contribution is -2.59. The number of carbonyl (C=O) groups is 6. The van der Waals surface area contributed by atoms with Gasteiger partial charge in [0.05, 0.1) is 13.7 Å². The molecule has 0 spiro atoms. The van der Waals surface area contributed by atoms with Crippen LogP contribution < -0.4 is 16.0 Å². The summed E-state index contributed by atoms with van der Waals surface area (Å²) in [4.78, 5) is 78.7. The quantitative estimate of drug-likeness (QED) is 0.151. The number of amides is 4. The molecule has 2 aliphatic rings. The number of carboxylic acid groups (broad SMARTS) is 1. The van der Waals surface area contributed by atoms with E-state index in [0.29, 0.717) is 6.42 Å². The number of hydrogen-bond donors (Lipinski definition) is 4. The molecule has 14 nitrogen and oxygen atoms in total. The number of likely N-dealkylation sites (tertiary alicyclic amines) is 1. The number of carboxylic acids is 1. The van der Waals surface area contributed by atoms with Crippen molar-refractivity contribution in [2.75, 3.05) is 13.7 Å². The Morgan fingerprint density at radius 3 is 2.14 bits per heavy atom. The molecule has 1 aliphatic heterocycles. The number of methoxy groups -OCH3 is 1. The number of rotatable bonds is 11. The molecule has 1 saturated carbocycles. The van der Waals surface area contributed by atoms with Crippen LogP contribution in [-0.4, -0.2) is 95.0 Å². The molecule has 1 saturated heterocycles. The van der Waals surface area contributed by atoms with Gasteiger partial charge >= 0.3 is 24.1 Å². The number of hydrogen-bond acceptors (Lipinski definition) is 9. The monoisotopic (exact) mass is 624 g/mol. The van der Waals surface area contributed by atoms with Gasteiger partial charge in [0.1, 0.15) is 35.4 Å². The van der Waals surface area contributed by atoms with Crippen LogP contribution in [0.4, 0.5) is 9.59 Å². The number of esters is 1. The van der Waals surface area contributed by atoms with Crippen molar-refractivity contribution in [2.45, 2.75) is 110 Å². The highest BCUT2D eigenvalue weighted by Crippen LogP contribution is 2.45. The zero-order valence-corrected chi connectivity index (χ0v) is 27.1. The van der Waals surface area contributed by atoms with E-state index in [1.807, 2.05) is 6.92 Å². The van der Waals surface area contributed by atoms with Gasteiger partial charge in [-0.25, -0.2) is 19.2 Å². The van der Waals surface area contributed by atoms with Crippen molar-refractivity contribution in [1.29, 1.82) is 0 Å². The molecule has 2 fully saturated rings. The molecule has 0 bridgehead atoms. The maximum absolute atomic E-state index is 14.0. The number of carbonyl (C=O) groups excluding carboxylic acids is 5. The fourth-order valence-corrected chi connectivity index (χ4v) is 5.04. The normalized spacial score (nSPS) is 25.0. The molecule has 7 atom stereocenters. The van der Waals surface area contributed by atoms with Crippen LogP contribution in [0, 0.1) is 17.3 Å². The zero-order valence-electron chi connectivity index (χ0n) is 27.1. The molecule has 0 aromatic rings. The van der Waals surface area contributed by atoms with E-state index in [1.54, 1.807) is 48.5 Å². The first-order valence-corrected chi connectivity index (χ1v) is 14.7. The van der Waals surface area contributed by atoms with E-state index in [0.717, 1.165) is 0 Å². The predicted octanol–water partition coefficient (Wildman–Crippen LogP) is 2.35. The molecule has 0 aromatic heterocycles. The van der Waals surface area contributed by atoms with Crippen LogP contribution in [-0.2, 0) is 33.4 Å². The first kappa shape index (κ1) is 36.4. The Hall–Kier alpha value is -3.84. The van der Waals surface area contributed by atoms with Crippen molar-refractivity contribution >= 4 is 35.9 Å². The summed E-state index contributed by atoms with van der Waals surface area (Å²) in [5.41, 5.74) is -3.25. The summed E-state index contributed by atoms with van der Waals surface area (Å²) in [6.07, 6.45) is -0.808. The minimum Gasteiger partial charge on any atom is -0.479 e. The fourth-order valence-electron chi connectivity index (χ4n) is 5.04. The topological polar surface area (TPSA) is 190 Å². The van der Waals surface area contributed by atoms with Gasteiger partial charge in [0.15, 0.2) is 0 Å². The standard InChI is InChI=1S/C30H48N4O10/c1-11-16(3)20(24(37)42-10)31-26(40)43-18-13-19(22(35)33-30(25(38)39)14-17(30)12-2)34(15-18)23(36)21(28(4,5)6)32-27(41)44-29(7,8)9/h12,16-21H,2,11,13-15H2,1,3-10H3,(H,31,40)(H,32,41)(H,33,35)(H,38,39). The molecular weight excluding hydrogens is 576 g/mol. The second kappa shape index (κ2) is 13.9. The van der Waals surface area contributed by atoms with Crippen LogP contribution in [0.1, 0.15) is 74.7 Å². The molecule has 4 N–H and O–H groups in total. The molecule has 2 rings (SSSR count). The Balaban J connectivity index is 2.37. The fraction of sp³-hybridized carbons (Fsp3) is 0.733. The van der Waals surface area contributed by atoms with Gasteiger partial charge < -0.3 is 40.2 Å².